The monoisotopic (exact) mass is 486 g/mol. The standard InChI is InChI=1S/C30H25F3N2O/c1-2-3-18-34-25-16-8-7-15-24(25)27(21-11-5-4-6-12-21)28(34)26-17-10-19-35(26)29(36)22-13-9-14-23(20-22)30(31,32)33/h4-9,11-16,20,26H,10,17-19H2,1H3. The molecule has 0 bridgehead atoms. The van der Waals surface area contributed by atoms with E-state index in [2.05, 4.69) is 40.7 Å². The van der Waals surface area contributed by atoms with Crippen LogP contribution >= 0.6 is 0 Å². The first kappa shape index (κ1) is 23.7. The number of carbonyl (C=O) groups is 1. The van der Waals surface area contributed by atoms with E-state index in [1.165, 1.54) is 12.1 Å². The van der Waals surface area contributed by atoms with Crippen molar-refractivity contribution < 1.29 is 18.0 Å². The molecule has 1 fully saturated rings. The molecule has 5 rings (SSSR count). The first-order valence-corrected chi connectivity index (χ1v) is 11.9. The first-order chi connectivity index (χ1) is 17.4. The van der Waals surface area contributed by atoms with Crippen LogP contribution in [0.15, 0.2) is 78.9 Å². The van der Waals surface area contributed by atoms with Gasteiger partial charge in [-0.3, -0.25) is 4.79 Å². The molecular formula is C30H25F3N2O. The summed E-state index contributed by atoms with van der Waals surface area (Å²) in [5.41, 5.74) is 3.30. The van der Waals surface area contributed by atoms with Crippen molar-refractivity contribution in [1.29, 1.82) is 0 Å². The lowest BCUT2D eigenvalue weighted by Gasteiger charge is -2.27. The third kappa shape index (κ3) is 4.26. The molecule has 0 aliphatic carbocycles. The van der Waals surface area contributed by atoms with Crippen molar-refractivity contribution in [1.82, 2.24) is 9.47 Å². The number of aromatic nitrogens is 1. The molecule has 1 atom stereocenters. The van der Waals surface area contributed by atoms with Gasteiger partial charge in [-0.1, -0.05) is 60.5 Å². The van der Waals surface area contributed by atoms with Gasteiger partial charge in [-0.05, 0) is 49.6 Å². The molecular weight excluding hydrogens is 461 g/mol. The molecule has 0 N–H and O–H groups in total. The highest BCUT2D eigenvalue weighted by Gasteiger charge is 2.37. The molecule has 1 aliphatic rings. The zero-order valence-electron chi connectivity index (χ0n) is 19.8. The van der Waals surface area contributed by atoms with Gasteiger partial charge in [0.1, 0.15) is 0 Å². The summed E-state index contributed by atoms with van der Waals surface area (Å²) < 4.78 is 42.2. The summed E-state index contributed by atoms with van der Waals surface area (Å²) in [6.45, 7) is 2.73. The van der Waals surface area contributed by atoms with E-state index in [4.69, 9.17) is 0 Å². The normalized spacial score (nSPS) is 15.7. The maximum Gasteiger partial charge on any atom is 0.416 e. The van der Waals surface area contributed by atoms with Gasteiger partial charge in [0, 0.05) is 28.6 Å². The van der Waals surface area contributed by atoms with Crippen molar-refractivity contribution in [3.8, 4) is 23.0 Å². The molecule has 1 aromatic heterocycles. The van der Waals surface area contributed by atoms with E-state index >= 15 is 0 Å². The molecule has 1 aliphatic heterocycles. The maximum atomic E-state index is 13.6. The Hall–Kier alpha value is -3.98. The molecule has 6 heteroatoms. The average molecular weight is 487 g/mol. The molecule has 3 aromatic carbocycles. The fourth-order valence-electron chi connectivity index (χ4n) is 5.19. The Kier molecular flexibility index (Phi) is 6.32. The van der Waals surface area contributed by atoms with Crippen molar-refractivity contribution in [2.24, 2.45) is 0 Å². The van der Waals surface area contributed by atoms with Crippen LogP contribution in [0, 0.1) is 11.8 Å². The Morgan fingerprint density at radius 1 is 1.00 bits per heavy atom. The first-order valence-electron chi connectivity index (χ1n) is 11.9. The van der Waals surface area contributed by atoms with E-state index in [1.54, 1.807) is 11.8 Å². The number of hydrogen-bond acceptors (Lipinski definition) is 1. The highest BCUT2D eigenvalue weighted by atomic mass is 19.4. The van der Waals surface area contributed by atoms with Crippen LogP contribution in [0.2, 0.25) is 0 Å². The molecule has 0 spiro atoms. The lowest BCUT2D eigenvalue weighted by Crippen LogP contribution is -2.32. The SMILES string of the molecule is CC#CCn1c(C2CCCN2C(=O)c2cccc(C(F)(F)F)c2)c(-c2ccccc2)c2ccccc21. The second kappa shape index (κ2) is 9.58. The summed E-state index contributed by atoms with van der Waals surface area (Å²) in [5, 5.41) is 1.06. The molecule has 0 radical (unpaired) electrons. The lowest BCUT2D eigenvalue weighted by atomic mass is 9.97. The van der Waals surface area contributed by atoms with Crippen molar-refractivity contribution in [2.75, 3.05) is 6.54 Å². The topological polar surface area (TPSA) is 25.2 Å². The predicted molar refractivity (Wildman–Crippen MR) is 135 cm³/mol. The number of amides is 1. The van der Waals surface area contributed by atoms with Gasteiger partial charge >= 0.3 is 6.18 Å². The number of fused-ring (bicyclic) bond motifs is 1. The zero-order chi connectivity index (χ0) is 25.3. The van der Waals surface area contributed by atoms with Gasteiger partial charge in [0.2, 0.25) is 0 Å². The van der Waals surface area contributed by atoms with Crippen LogP contribution in [0.1, 0.15) is 47.4 Å². The lowest BCUT2D eigenvalue weighted by molar-refractivity contribution is -0.137. The van der Waals surface area contributed by atoms with Crippen LogP contribution in [0.25, 0.3) is 22.0 Å². The van der Waals surface area contributed by atoms with Gasteiger partial charge in [0.25, 0.3) is 5.91 Å². The summed E-state index contributed by atoms with van der Waals surface area (Å²) >= 11 is 0. The highest BCUT2D eigenvalue weighted by Crippen LogP contribution is 2.44. The van der Waals surface area contributed by atoms with Crippen LogP contribution in [-0.4, -0.2) is 21.9 Å². The molecule has 36 heavy (non-hydrogen) atoms. The largest absolute Gasteiger partial charge is 0.416 e. The van der Waals surface area contributed by atoms with Crippen LogP contribution < -0.4 is 0 Å². The number of rotatable bonds is 4. The maximum absolute atomic E-state index is 13.6. The molecule has 0 saturated carbocycles. The van der Waals surface area contributed by atoms with Crippen molar-refractivity contribution in [3.05, 3.63) is 95.7 Å². The molecule has 4 aromatic rings. The number of halogens is 3. The van der Waals surface area contributed by atoms with Gasteiger partial charge in [0.05, 0.1) is 23.8 Å². The number of carbonyl (C=O) groups excluding carboxylic acids is 1. The van der Waals surface area contributed by atoms with Crippen LogP contribution in [0.5, 0.6) is 0 Å². The van der Waals surface area contributed by atoms with Crippen molar-refractivity contribution in [2.45, 2.75) is 38.5 Å². The van der Waals surface area contributed by atoms with Gasteiger partial charge in [-0.25, -0.2) is 0 Å². The van der Waals surface area contributed by atoms with E-state index in [0.717, 1.165) is 52.7 Å². The molecule has 1 saturated heterocycles. The fraction of sp³-hybridized carbons (Fsp3) is 0.233. The van der Waals surface area contributed by atoms with E-state index in [0.29, 0.717) is 13.1 Å². The van der Waals surface area contributed by atoms with Crippen molar-refractivity contribution >= 4 is 16.8 Å². The van der Waals surface area contributed by atoms with Crippen LogP contribution in [-0.2, 0) is 12.7 Å². The minimum absolute atomic E-state index is 0.0500. The molecule has 3 nitrogen and oxygen atoms in total. The number of likely N-dealkylation sites (tertiary alicyclic amines) is 1. The smallest absolute Gasteiger partial charge is 0.330 e. The Bertz CT molecular complexity index is 1480. The Morgan fingerprint density at radius 2 is 1.75 bits per heavy atom. The zero-order valence-corrected chi connectivity index (χ0v) is 19.8. The van der Waals surface area contributed by atoms with Gasteiger partial charge in [-0.15, -0.1) is 5.92 Å². The summed E-state index contributed by atoms with van der Waals surface area (Å²) in [6.07, 6.45) is -3.02. The summed E-state index contributed by atoms with van der Waals surface area (Å²) in [5.74, 6) is 5.75. The average Bonchev–Trinajstić information content (AvgIpc) is 3.49. The molecule has 2 heterocycles. The molecule has 1 unspecified atom stereocenters. The van der Waals surface area contributed by atoms with E-state index in [-0.39, 0.29) is 17.5 Å². The number of benzene rings is 3. The quantitative estimate of drug-likeness (QED) is 0.277. The molecule has 1 amide bonds. The van der Waals surface area contributed by atoms with Gasteiger partial charge in [-0.2, -0.15) is 13.2 Å². The molecule has 182 valence electrons. The van der Waals surface area contributed by atoms with Gasteiger partial charge < -0.3 is 9.47 Å². The Morgan fingerprint density at radius 3 is 2.50 bits per heavy atom. The number of hydrogen-bond donors (Lipinski definition) is 0. The Labute approximate surface area is 208 Å². The van der Waals surface area contributed by atoms with Crippen LogP contribution in [0.4, 0.5) is 13.2 Å². The van der Waals surface area contributed by atoms with Gasteiger partial charge in [0.15, 0.2) is 0 Å². The fourth-order valence-corrected chi connectivity index (χ4v) is 5.19. The number of nitrogens with zero attached hydrogens (tertiary/aromatic N) is 2. The van der Waals surface area contributed by atoms with Crippen LogP contribution in [0.3, 0.4) is 0 Å². The highest BCUT2D eigenvalue weighted by molar-refractivity contribution is 5.99. The van der Waals surface area contributed by atoms with Crippen molar-refractivity contribution in [3.63, 3.8) is 0 Å². The second-order valence-corrected chi connectivity index (χ2v) is 8.89. The second-order valence-electron chi connectivity index (χ2n) is 8.89. The van der Waals surface area contributed by atoms with E-state index in [1.807, 2.05) is 30.3 Å². The number of alkyl halides is 3. The summed E-state index contributed by atoms with van der Waals surface area (Å²) in [6, 6.07) is 22.6. The Balaban J connectivity index is 1.67. The predicted octanol–water partition coefficient (Wildman–Crippen LogP) is 7.33. The van der Waals surface area contributed by atoms with E-state index < -0.39 is 11.7 Å². The third-order valence-electron chi connectivity index (χ3n) is 6.75. The minimum atomic E-state index is -4.51. The summed E-state index contributed by atoms with van der Waals surface area (Å²) in [7, 11) is 0. The summed E-state index contributed by atoms with van der Waals surface area (Å²) in [4.78, 5) is 15.3. The number of para-hydroxylation sites is 1. The van der Waals surface area contributed by atoms with E-state index in [9.17, 15) is 18.0 Å². The third-order valence-corrected chi connectivity index (χ3v) is 6.75. The minimum Gasteiger partial charge on any atom is -0.330 e.